The molecule has 1 aliphatic heterocycles. The first kappa shape index (κ1) is 17.9. The first-order valence-corrected chi connectivity index (χ1v) is 9.56. The summed E-state index contributed by atoms with van der Waals surface area (Å²) in [7, 11) is 0. The summed E-state index contributed by atoms with van der Waals surface area (Å²) in [4.78, 5) is 15.5. The average molecular weight is 362 g/mol. The largest absolute Gasteiger partial charge is 0.387 e. The van der Waals surface area contributed by atoms with Gasteiger partial charge in [0.1, 0.15) is 5.82 Å². The lowest BCUT2D eigenvalue weighted by atomic mass is 10.0. The Hall–Kier alpha value is -1.92. The fourth-order valence-electron chi connectivity index (χ4n) is 3.27. The molecule has 1 aliphatic rings. The number of benzene rings is 1. The SMILES string of the molecule is O=C(Nc1ccc(F)cc1)N1CCCCC[C@H]1C[C@@H](O)c1cccs1. The van der Waals surface area contributed by atoms with Crippen LogP contribution in [0, 0.1) is 5.82 Å². The number of hydrogen-bond donors (Lipinski definition) is 2. The minimum atomic E-state index is -0.552. The van der Waals surface area contributed by atoms with Gasteiger partial charge in [0.25, 0.3) is 0 Å². The van der Waals surface area contributed by atoms with Gasteiger partial charge in [-0.3, -0.25) is 0 Å². The van der Waals surface area contributed by atoms with E-state index in [1.807, 2.05) is 22.4 Å². The van der Waals surface area contributed by atoms with Crippen LogP contribution in [-0.2, 0) is 0 Å². The van der Waals surface area contributed by atoms with Crippen molar-refractivity contribution >= 4 is 23.1 Å². The van der Waals surface area contributed by atoms with Crippen LogP contribution in [0.25, 0.3) is 0 Å². The van der Waals surface area contributed by atoms with E-state index in [-0.39, 0.29) is 17.9 Å². The first-order chi connectivity index (χ1) is 12.1. The summed E-state index contributed by atoms with van der Waals surface area (Å²) in [6.07, 6.45) is 3.98. The zero-order valence-corrected chi connectivity index (χ0v) is 14.8. The number of nitrogens with zero attached hydrogens (tertiary/aromatic N) is 1. The number of thiophene rings is 1. The van der Waals surface area contributed by atoms with Crippen LogP contribution in [0.2, 0.25) is 0 Å². The third-order valence-corrected chi connectivity index (χ3v) is 5.57. The van der Waals surface area contributed by atoms with Gasteiger partial charge in [0, 0.05) is 23.2 Å². The molecular formula is C19H23FN2O2S. The smallest absolute Gasteiger partial charge is 0.322 e. The lowest BCUT2D eigenvalue weighted by Gasteiger charge is -2.31. The Bertz CT molecular complexity index is 675. The topological polar surface area (TPSA) is 52.6 Å². The number of halogens is 1. The average Bonchev–Trinajstić information content (AvgIpc) is 3.04. The van der Waals surface area contributed by atoms with E-state index in [0.717, 1.165) is 30.6 Å². The summed E-state index contributed by atoms with van der Waals surface area (Å²) in [5, 5.41) is 15.3. The van der Waals surface area contributed by atoms with E-state index in [9.17, 15) is 14.3 Å². The Balaban J connectivity index is 1.68. The van der Waals surface area contributed by atoms with Gasteiger partial charge in [-0.05, 0) is 55.0 Å². The molecule has 0 radical (unpaired) electrons. The second kappa shape index (κ2) is 8.45. The molecule has 25 heavy (non-hydrogen) atoms. The highest BCUT2D eigenvalue weighted by Gasteiger charge is 2.28. The molecule has 3 rings (SSSR count). The van der Waals surface area contributed by atoms with Crippen LogP contribution in [0.1, 0.15) is 43.1 Å². The van der Waals surface area contributed by atoms with Gasteiger partial charge in [-0.1, -0.05) is 18.9 Å². The molecule has 0 spiro atoms. The normalized spacial score (nSPS) is 19.3. The predicted molar refractivity (Wildman–Crippen MR) is 98.3 cm³/mol. The van der Waals surface area contributed by atoms with Crippen molar-refractivity contribution in [1.82, 2.24) is 4.90 Å². The number of rotatable bonds is 4. The molecule has 0 aliphatic carbocycles. The summed E-state index contributed by atoms with van der Waals surface area (Å²) in [6.45, 7) is 0.675. The zero-order valence-electron chi connectivity index (χ0n) is 14.0. The van der Waals surface area contributed by atoms with Crippen molar-refractivity contribution in [3.63, 3.8) is 0 Å². The molecule has 1 saturated heterocycles. The highest BCUT2D eigenvalue weighted by atomic mass is 32.1. The van der Waals surface area contributed by atoms with Gasteiger partial charge in [-0.25, -0.2) is 9.18 Å². The molecule has 1 aromatic heterocycles. The van der Waals surface area contributed by atoms with E-state index in [1.54, 1.807) is 12.1 Å². The van der Waals surface area contributed by atoms with Gasteiger partial charge >= 0.3 is 6.03 Å². The minimum Gasteiger partial charge on any atom is -0.387 e. The molecule has 0 bridgehead atoms. The lowest BCUT2D eigenvalue weighted by Crippen LogP contribution is -2.43. The monoisotopic (exact) mass is 362 g/mol. The predicted octanol–water partition coefficient (Wildman–Crippen LogP) is 4.79. The zero-order chi connectivity index (χ0) is 17.6. The Morgan fingerprint density at radius 2 is 2.08 bits per heavy atom. The highest BCUT2D eigenvalue weighted by molar-refractivity contribution is 7.10. The van der Waals surface area contributed by atoms with E-state index in [2.05, 4.69) is 5.32 Å². The number of anilines is 1. The molecular weight excluding hydrogens is 339 g/mol. The van der Waals surface area contributed by atoms with E-state index in [4.69, 9.17) is 0 Å². The number of hydrogen-bond acceptors (Lipinski definition) is 3. The van der Waals surface area contributed by atoms with Crippen molar-refractivity contribution in [2.75, 3.05) is 11.9 Å². The van der Waals surface area contributed by atoms with E-state index < -0.39 is 6.10 Å². The van der Waals surface area contributed by atoms with Crippen molar-refractivity contribution in [3.05, 3.63) is 52.5 Å². The molecule has 134 valence electrons. The number of nitrogens with one attached hydrogen (secondary N) is 1. The lowest BCUT2D eigenvalue weighted by molar-refractivity contribution is 0.118. The van der Waals surface area contributed by atoms with Crippen LogP contribution >= 0.6 is 11.3 Å². The summed E-state index contributed by atoms with van der Waals surface area (Å²) in [5.74, 6) is -0.329. The standard InChI is InChI=1S/C19H23FN2O2S/c20-14-7-9-15(10-8-14)21-19(24)22-11-3-1-2-5-16(22)13-17(23)18-6-4-12-25-18/h4,6-10,12,16-17,23H,1-3,5,11,13H2,(H,21,24)/t16-,17+/m0/s1. The number of carbonyl (C=O) groups is 1. The first-order valence-electron chi connectivity index (χ1n) is 8.68. The second-order valence-corrected chi connectivity index (χ2v) is 7.38. The van der Waals surface area contributed by atoms with Crippen molar-refractivity contribution in [2.45, 2.75) is 44.2 Å². The van der Waals surface area contributed by atoms with Crippen LogP contribution in [0.15, 0.2) is 41.8 Å². The van der Waals surface area contributed by atoms with Crippen molar-refractivity contribution in [3.8, 4) is 0 Å². The van der Waals surface area contributed by atoms with Crippen molar-refractivity contribution in [2.24, 2.45) is 0 Å². The van der Waals surface area contributed by atoms with Crippen LogP contribution in [0.4, 0.5) is 14.9 Å². The highest BCUT2D eigenvalue weighted by Crippen LogP contribution is 2.29. The van der Waals surface area contributed by atoms with Crippen LogP contribution in [-0.4, -0.2) is 28.6 Å². The number of urea groups is 1. The number of carbonyl (C=O) groups excluding carboxylic acids is 1. The number of aliphatic hydroxyl groups excluding tert-OH is 1. The molecule has 2 heterocycles. The van der Waals surface area contributed by atoms with Crippen LogP contribution < -0.4 is 5.32 Å². The fourth-order valence-corrected chi connectivity index (χ4v) is 4.00. The van der Waals surface area contributed by atoms with Crippen LogP contribution in [0.3, 0.4) is 0 Å². The number of amides is 2. The minimum absolute atomic E-state index is 0.0000448. The Labute approximate surface area is 151 Å². The van der Waals surface area contributed by atoms with Gasteiger partial charge in [0.05, 0.1) is 6.10 Å². The van der Waals surface area contributed by atoms with Crippen molar-refractivity contribution < 1.29 is 14.3 Å². The maximum atomic E-state index is 13.0. The molecule has 2 N–H and O–H groups in total. The summed E-state index contributed by atoms with van der Waals surface area (Å²) >= 11 is 1.53. The maximum Gasteiger partial charge on any atom is 0.322 e. The molecule has 0 saturated carbocycles. The molecule has 6 heteroatoms. The number of likely N-dealkylation sites (tertiary alicyclic amines) is 1. The number of aliphatic hydroxyl groups is 1. The molecule has 4 nitrogen and oxygen atoms in total. The van der Waals surface area contributed by atoms with E-state index in [0.29, 0.717) is 18.7 Å². The third-order valence-electron chi connectivity index (χ3n) is 4.60. The molecule has 1 fully saturated rings. The quantitative estimate of drug-likeness (QED) is 0.822. The third kappa shape index (κ3) is 4.80. The Morgan fingerprint density at radius 3 is 2.80 bits per heavy atom. The van der Waals surface area contributed by atoms with Gasteiger partial charge in [0.2, 0.25) is 0 Å². The Morgan fingerprint density at radius 1 is 1.28 bits per heavy atom. The summed E-state index contributed by atoms with van der Waals surface area (Å²) < 4.78 is 13.0. The summed E-state index contributed by atoms with van der Waals surface area (Å²) in [5.41, 5.74) is 0.577. The summed E-state index contributed by atoms with van der Waals surface area (Å²) in [6, 6.07) is 9.44. The van der Waals surface area contributed by atoms with Gasteiger partial charge in [-0.15, -0.1) is 11.3 Å². The van der Waals surface area contributed by atoms with Crippen molar-refractivity contribution in [1.29, 1.82) is 0 Å². The van der Waals surface area contributed by atoms with Gasteiger partial charge in [0.15, 0.2) is 0 Å². The Kier molecular flexibility index (Phi) is 6.04. The van der Waals surface area contributed by atoms with E-state index in [1.165, 1.54) is 23.5 Å². The molecule has 0 unspecified atom stereocenters. The second-order valence-electron chi connectivity index (χ2n) is 6.40. The van der Waals surface area contributed by atoms with Gasteiger partial charge < -0.3 is 15.3 Å². The molecule has 1 aromatic carbocycles. The van der Waals surface area contributed by atoms with Crippen LogP contribution in [0.5, 0.6) is 0 Å². The fraction of sp³-hybridized carbons (Fsp3) is 0.421. The molecule has 2 amide bonds. The van der Waals surface area contributed by atoms with E-state index >= 15 is 0 Å². The molecule has 2 atom stereocenters. The molecule has 2 aromatic rings. The van der Waals surface area contributed by atoms with Gasteiger partial charge in [-0.2, -0.15) is 0 Å². The maximum absolute atomic E-state index is 13.0.